The van der Waals surface area contributed by atoms with Crippen molar-refractivity contribution in [2.45, 2.75) is 51.3 Å². The molecular formula is C16H23BrFN3O. The summed E-state index contributed by atoms with van der Waals surface area (Å²) < 4.78 is 14.0. The molecule has 0 spiro atoms. The zero-order chi connectivity index (χ0) is 15.9. The van der Waals surface area contributed by atoms with Gasteiger partial charge in [-0.05, 0) is 66.2 Å². The third-order valence-electron chi connectivity index (χ3n) is 3.79. The first-order chi connectivity index (χ1) is 10.6. The average molecular weight is 372 g/mol. The smallest absolute Gasteiger partial charge is 0.191 e. The number of guanidine groups is 1. The molecule has 1 aromatic carbocycles. The van der Waals surface area contributed by atoms with Crippen LogP contribution < -0.4 is 10.6 Å². The molecule has 0 aromatic heterocycles. The molecule has 3 N–H and O–H groups in total. The molecule has 6 heteroatoms. The van der Waals surface area contributed by atoms with E-state index >= 15 is 0 Å². The van der Waals surface area contributed by atoms with Crippen LogP contribution in [0.1, 0.15) is 38.2 Å². The maximum atomic E-state index is 13.5. The summed E-state index contributed by atoms with van der Waals surface area (Å²) in [6.45, 7) is 3.21. The normalized spacial score (nSPS) is 22.5. The number of aliphatic hydroxyl groups is 1. The first-order valence-corrected chi connectivity index (χ1v) is 8.54. The van der Waals surface area contributed by atoms with Crippen LogP contribution in [-0.4, -0.2) is 29.8 Å². The Hall–Kier alpha value is -1.14. The molecule has 0 unspecified atom stereocenters. The molecule has 4 nitrogen and oxygen atoms in total. The highest BCUT2D eigenvalue weighted by Gasteiger charge is 2.19. The van der Waals surface area contributed by atoms with Crippen LogP contribution in [-0.2, 0) is 6.54 Å². The van der Waals surface area contributed by atoms with Crippen molar-refractivity contribution < 1.29 is 9.50 Å². The summed E-state index contributed by atoms with van der Waals surface area (Å²) in [5.74, 6) is 0.471. The van der Waals surface area contributed by atoms with Crippen LogP contribution in [0.2, 0.25) is 0 Å². The number of nitrogens with zero attached hydrogens (tertiary/aromatic N) is 1. The highest BCUT2D eigenvalue weighted by atomic mass is 79.9. The molecule has 1 fully saturated rings. The minimum absolute atomic E-state index is 0.164. The number of hydrogen-bond acceptors (Lipinski definition) is 2. The van der Waals surface area contributed by atoms with Crippen molar-refractivity contribution in [2.75, 3.05) is 6.54 Å². The van der Waals surface area contributed by atoms with Crippen LogP contribution in [0.5, 0.6) is 0 Å². The van der Waals surface area contributed by atoms with Gasteiger partial charge in [0.1, 0.15) is 5.82 Å². The summed E-state index contributed by atoms with van der Waals surface area (Å²) >= 11 is 3.15. The van der Waals surface area contributed by atoms with Gasteiger partial charge in [-0.2, -0.15) is 0 Å². The van der Waals surface area contributed by atoms with Gasteiger partial charge in [-0.3, -0.25) is 0 Å². The van der Waals surface area contributed by atoms with Gasteiger partial charge in [-0.15, -0.1) is 0 Å². The standard InChI is InChI=1S/C16H23BrFN3O/c1-2-19-16(21-12-4-6-13(22)7-5-12)20-10-11-3-8-14(17)15(18)9-11/h3,8-9,12-13,22H,2,4-7,10H2,1H3,(H2,19,20,21). The van der Waals surface area contributed by atoms with Crippen LogP contribution in [0, 0.1) is 5.82 Å². The summed E-state index contributed by atoms with van der Waals surface area (Å²) in [6, 6.07) is 5.39. The van der Waals surface area contributed by atoms with Crippen LogP contribution in [0.25, 0.3) is 0 Å². The van der Waals surface area contributed by atoms with Crippen molar-refractivity contribution in [2.24, 2.45) is 4.99 Å². The van der Waals surface area contributed by atoms with Crippen molar-refractivity contribution in [1.82, 2.24) is 10.6 Å². The maximum Gasteiger partial charge on any atom is 0.191 e. The number of nitrogens with one attached hydrogen (secondary N) is 2. The van der Waals surface area contributed by atoms with E-state index in [0.717, 1.165) is 43.8 Å². The number of hydrogen-bond donors (Lipinski definition) is 3. The lowest BCUT2D eigenvalue weighted by Crippen LogP contribution is -2.45. The fraction of sp³-hybridized carbons (Fsp3) is 0.562. The van der Waals surface area contributed by atoms with Gasteiger partial charge in [0.25, 0.3) is 0 Å². The summed E-state index contributed by atoms with van der Waals surface area (Å²) in [6.07, 6.45) is 3.38. The van der Waals surface area contributed by atoms with Crippen molar-refractivity contribution >= 4 is 21.9 Å². The predicted molar refractivity (Wildman–Crippen MR) is 90.3 cm³/mol. The quantitative estimate of drug-likeness (QED) is 0.563. The number of benzene rings is 1. The molecule has 22 heavy (non-hydrogen) atoms. The van der Waals surface area contributed by atoms with E-state index in [0.29, 0.717) is 17.1 Å². The first-order valence-electron chi connectivity index (χ1n) is 7.75. The minimum atomic E-state index is -0.271. The molecule has 0 atom stereocenters. The Morgan fingerprint density at radius 3 is 2.73 bits per heavy atom. The lowest BCUT2D eigenvalue weighted by Gasteiger charge is -2.27. The molecule has 0 amide bonds. The summed E-state index contributed by atoms with van der Waals surface area (Å²) in [5, 5.41) is 16.2. The Bertz CT molecular complexity index is 516. The number of aliphatic hydroxyl groups excluding tert-OH is 1. The maximum absolute atomic E-state index is 13.5. The van der Waals surface area contributed by atoms with E-state index in [1.165, 1.54) is 6.07 Å². The number of halogens is 2. The topological polar surface area (TPSA) is 56.7 Å². The van der Waals surface area contributed by atoms with Gasteiger partial charge in [0, 0.05) is 12.6 Å². The van der Waals surface area contributed by atoms with Crippen LogP contribution >= 0.6 is 15.9 Å². The molecule has 1 saturated carbocycles. The molecule has 0 bridgehead atoms. The zero-order valence-electron chi connectivity index (χ0n) is 12.8. The van der Waals surface area contributed by atoms with Gasteiger partial charge < -0.3 is 15.7 Å². The number of rotatable bonds is 4. The molecule has 2 rings (SSSR count). The van der Waals surface area contributed by atoms with E-state index in [-0.39, 0.29) is 11.9 Å². The molecule has 1 aromatic rings. The van der Waals surface area contributed by atoms with Gasteiger partial charge >= 0.3 is 0 Å². The first kappa shape index (κ1) is 17.2. The molecule has 0 saturated heterocycles. The molecular weight excluding hydrogens is 349 g/mol. The van der Waals surface area contributed by atoms with E-state index < -0.39 is 0 Å². The fourth-order valence-electron chi connectivity index (χ4n) is 2.54. The monoisotopic (exact) mass is 371 g/mol. The van der Waals surface area contributed by atoms with Crippen LogP contribution in [0.3, 0.4) is 0 Å². The van der Waals surface area contributed by atoms with Gasteiger partial charge in [-0.25, -0.2) is 9.38 Å². The van der Waals surface area contributed by atoms with Crippen molar-refractivity contribution in [3.63, 3.8) is 0 Å². The Morgan fingerprint density at radius 1 is 1.36 bits per heavy atom. The van der Waals surface area contributed by atoms with Crippen LogP contribution in [0.4, 0.5) is 4.39 Å². The second kappa shape index (κ2) is 8.48. The molecule has 0 radical (unpaired) electrons. The lowest BCUT2D eigenvalue weighted by molar-refractivity contribution is 0.120. The second-order valence-corrected chi connectivity index (χ2v) is 6.45. The lowest BCUT2D eigenvalue weighted by atomic mass is 9.93. The van der Waals surface area contributed by atoms with E-state index in [4.69, 9.17) is 0 Å². The Kier molecular flexibility index (Phi) is 6.64. The Balaban J connectivity index is 1.95. The summed E-state index contributed by atoms with van der Waals surface area (Å²) in [7, 11) is 0. The van der Waals surface area contributed by atoms with Crippen molar-refractivity contribution in [3.05, 3.63) is 34.1 Å². The molecule has 0 heterocycles. The fourth-order valence-corrected chi connectivity index (χ4v) is 2.79. The van der Waals surface area contributed by atoms with Gasteiger partial charge in [0.15, 0.2) is 5.96 Å². The molecule has 1 aliphatic rings. The van der Waals surface area contributed by atoms with E-state index in [2.05, 4.69) is 31.6 Å². The number of aliphatic imine (C=N–C) groups is 1. The summed E-state index contributed by atoms with van der Waals surface area (Å²) in [4.78, 5) is 4.52. The largest absolute Gasteiger partial charge is 0.393 e. The Morgan fingerprint density at radius 2 is 2.09 bits per heavy atom. The molecule has 1 aliphatic carbocycles. The van der Waals surface area contributed by atoms with Crippen LogP contribution in [0.15, 0.2) is 27.7 Å². The third kappa shape index (κ3) is 5.25. The van der Waals surface area contributed by atoms with Gasteiger partial charge in [-0.1, -0.05) is 6.07 Å². The summed E-state index contributed by atoms with van der Waals surface area (Å²) in [5.41, 5.74) is 0.831. The average Bonchev–Trinajstić information content (AvgIpc) is 2.50. The minimum Gasteiger partial charge on any atom is -0.393 e. The van der Waals surface area contributed by atoms with Crippen molar-refractivity contribution in [3.8, 4) is 0 Å². The van der Waals surface area contributed by atoms with E-state index in [1.807, 2.05) is 13.0 Å². The third-order valence-corrected chi connectivity index (χ3v) is 4.43. The second-order valence-electron chi connectivity index (χ2n) is 5.59. The van der Waals surface area contributed by atoms with Crippen molar-refractivity contribution in [1.29, 1.82) is 0 Å². The van der Waals surface area contributed by atoms with Gasteiger partial charge in [0.2, 0.25) is 0 Å². The molecule has 122 valence electrons. The highest BCUT2D eigenvalue weighted by molar-refractivity contribution is 9.10. The van der Waals surface area contributed by atoms with E-state index in [1.54, 1.807) is 6.07 Å². The predicted octanol–water partition coefficient (Wildman–Crippen LogP) is 2.95. The van der Waals surface area contributed by atoms with E-state index in [9.17, 15) is 9.50 Å². The highest BCUT2D eigenvalue weighted by Crippen LogP contribution is 2.19. The molecule has 0 aliphatic heterocycles. The SMILES string of the molecule is CCNC(=NCc1ccc(Br)c(F)c1)NC1CCC(O)CC1. The van der Waals surface area contributed by atoms with Gasteiger partial charge in [0.05, 0.1) is 17.1 Å². The zero-order valence-corrected chi connectivity index (χ0v) is 14.4. The Labute approximate surface area is 139 Å².